The largest absolute Gasteiger partial charge is 0.345 e. The number of pyridine rings is 1. The minimum atomic E-state index is -0.157. The molecule has 0 unspecified atom stereocenters. The summed E-state index contributed by atoms with van der Waals surface area (Å²) in [7, 11) is 0. The van der Waals surface area contributed by atoms with Gasteiger partial charge in [-0.15, -0.1) is 0 Å². The smallest absolute Gasteiger partial charge is 0.253 e. The van der Waals surface area contributed by atoms with Crippen molar-refractivity contribution in [3.63, 3.8) is 0 Å². The zero-order chi connectivity index (χ0) is 13.0. The summed E-state index contributed by atoms with van der Waals surface area (Å²) >= 11 is 5.68. The van der Waals surface area contributed by atoms with E-state index in [9.17, 15) is 4.79 Å². The summed E-state index contributed by atoms with van der Waals surface area (Å²) in [5.74, 6) is -0.157. The number of amides is 1. The van der Waals surface area contributed by atoms with Crippen LogP contribution in [0.2, 0.25) is 5.15 Å². The Bertz CT molecular complexity index is 525. The van der Waals surface area contributed by atoms with E-state index in [1.54, 1.807) is 12.1 Å². The fourth-order valence-corrected chi connectivity index (χ4v) is 1.73. The average Bonchev–Trinajstić information content (AvgIpc) is 2.40. The Labute approximate surface area is 111 Å². The molecular formula is C14H13ClN2O. The number of nitrogens with zero attached hydrogens (tertiary/aromatic N) is 1. The molecule has 1 heterocycles. The molecule has 1 aromatic carbocycles. The van der Waals surface area contributed by atoms with Crippen molar-refractivity contribution in [1.82, 2.24) is 10.3 Å². The second kappa shape index (κ2) is 5.65. The van der Waals surface area contributed by atoms with E-state index in [4.69, 9.17) is 11.6 Å². The normalized spacial score (nSPS) is 11.9. The van der Waals surface area contributed by atoms with Crippen LogP contribution in [0.25, 0.3) is 0 Å². The second-order valence-corrected chi connectivity index (χ2v) is 4.36. The number of halogens is 1. The Kier molecular flexibility index (Phi) is 3.95. The van der Waals surface area contributed by atoms with Crippen molar-refractivity contribution in [2.75, 3.05) is 0 Å². The van der Waals surface area contributed by atoms with Crippen LogP contribution in [0.15, 0.2) is 48.7 Å². The minimum Gasteiger partial charge on any atom is -0.345 e. The molecule has 1 amide bonds. The van der Waals surface area contributed by atoms with Gasteiger partial charge in [0, 0.05) is 6.20 Å². The van der Waals surface area contributed by atoms with Gasteiger partial charge in [-0.25, -0.2) is 4.98 Å². The number of hydrogen-bond donors (Lipinski definition) is 1. The lowest BCUT2D eigenvalue weighted by molar-refractivity contribution is 0.0939. The molecule has 0 spiro atoms. The first kappa shape index (κ1) is 12.6. The molecule has 92 valence electrons. The molecule has 0 saturated heterocycles. The number of aromatic nitrogens is 1. The van der Waals surface area contributed by atoms with E-state index in [1.807, 2.05) is 37.3 Å². The molecule has 18 heavy (non-hydrogen) atoms. The van der Waals surface area contributed by atoms with Crippen molar-refractivity contribution in [2.45, 2.75) is 13.0 Å². The Morgan fingerprint density at radius 2 is 1.94 bits per heavy atom. The maximum absolute atomic E-state index is 11.9. The third-order valence-corrected chi connectivity index (χ3v) is 2.86. The van der Waals surface area contributed by atoms with Crippen LogP contribution >= 0.6 is 11.6 Å². The first-order valence-electron chi connectivity index (χ1n) is 5.64. The van der Waals surface area contributed by atoms with Crippen LogP contribution in [0.5, 0.6) is 0 Å². The molecule has 4 heteroatoms. The molecule has 1 atom stereocenters. The maximum Gasteiger partial charge on any atom is 0.253 e. The lowest BCUT2D eigenvalue weighted by Gasteiger charge is -2.14. The highest BCUT2D eigenvalue weighted by atomic mass is 35.5. The van der Waals surface area contributed by atoms with Gasteiger partial charge in [-0.1, -0.05) is 41.9 Å². The first-order chi connectivity index (χ1) is 8.66. The predicted octanol–water partition coefficient (Wildman–Crippen LogP) is 3.23. The first-order valence-corrected chi connectivity index (χ1v) is 6.02. The molecule has 1 aromatic heterocycles. The van der Waals surface area contributed by atoms with Crippen LogP contribution in [-0.2, 0) is 0 Å². The van der Waals surface area contributed by atoms with Gasteiger partial charge < -0.3 is 5.32 Å². The number of carbonyl (C=O) groups is 1. The van der Waals surface area contributed by atoms with E-state index in [0.29, 0.717) is 10.7 Å². The molecule has 0 radical (unpaired) electrons. The summed E-state index contributed by atoms with van der Waals surface area (Å²) in [4.78, 5) is 15.8. The van der Waals surface area contributed by atoms with E-state index >= 15 is 0 Å². The lowest BCUT2D eigenvalue weighted by atomic mass is 10.1. The molecule has 0 fully saturated rings. The molecule has 0 aliphatic heterocycles. The molecule has 2 aromatic rings. The van der Waals surface area contributed by atoms with Crippen LogP contribution < -0.4 is 5.32 Å². The van der Waals surface area contributed by atoms with Crippen molar-refractivity contribution in [2.24, 2.45) is 0 Å². The molecular weight excluding hydrogens is 248 g/mol. The Morgan fingerprint density at radius 1 is 1.22 bits per heavy atom. The summed E-state index contributed by atoms with van der Waals surface area (Å²) in [5.41, 5.74) is 1.56. The van der Waals surface area contributed by atoms with Gasteiger partial charge in [0.25, 0.3) is 5.91 Å². The zero-order valence-corrected chi connectivity index (χ0v) is 10.7. The molecule has 3 nitrogen and oxygen atoms in total. The highest BCUT2D eigenvalue weighted by Crippen LogP contribution is 2.12. The lowest BCUT2D eigenvalue weighted by Crippen LogP contribution is -2.26. The molecule has 1 N–H and O–H groups in total. The van der Waals surface area contributed by atoms with Crippen LogP contribution in [-0.4, -0.2) is 10.9 Å². The molecule has 0 bridgehead atoms. The van der Waals surface area contributed by atoms with Gasteiger partial charge >= 0.3 is 0 Å². The highest BCUT2D eigenvalue weighted by Gasteiger charge is 2.11. The van der Waals surface area contributed by atoms with E-state index in [0.717, 1.165) is 5.56 Å². The van der Waals surface area contributed by atoms with Gasteiger partial charge in [0.1, 0.15) is 5.15 Å². The summed E-state index contributed by atoms with van der Waals surface area (Å²) in [6, 6.07) is 13.0. The Balaban J connectivity index is 2.06. The number of nitrogens with one attached hydrogen (secondary N) is 1. The van der Waals surface area contributed by atoms with Crippen molar-refractivity contribution >= 4 is 17.5 Å². The van der Waals surface area contributed by atoms with Gasteiger partial charge in [0.2, 0.25) is 0 Å². The van der Waals surface area contributed by atoms with Crippen molar-refractivity contribution < 1.29 is 4.79 Å². The molecule has 0 aliphatic carbocycles. The fraction of sp³-hybridized carbons (Fsp3) is 0.143. The van der Waals surface area contributed by atoms with E-state index in [-0.39, 0.29) is 11.9 Å². The zero-order valence-electron chi connectivity index (χ0n) is 9.93. The third kappa shape index (κ3) is 3.08. The standard InChI is InChI=1S/C14H13ClN2O/c1-10(11-5-3-2-4-6-11)17-14(18)12-7-8-13(15)16-9-12/h2-10H,1H3,(H,17,18)/t10-/m0/s1. The van der Waals surface area contributed by atoms with Gasteiger partial charge in [-0.3, -0.25) is 4.79 Å². The van der Waals surface area contributed by atoms with Crippen LogP contribution in [0.3, 0.4) is 0 Å². The van der Waals surface area contributed by atoms with Gasteiger partial charge in [-0.2, -0.15) is 0 Å². The van der Waals surface area contributed by atoms with Crippen LogP contribution in [0, 0.1) is 0 Å². The molecule has 0 saturated carbocycles. The second-order valence-electron chi connectivity index (χ2n) is 3.98. The topological polar surface area (TPSA) is 42.0 Å². The fourth-order valence-electron chi connectivity index (χ4n) is 1.62. The van der Waals surface area contributed by atoms with Crippen molar-refractivity contribution in [3.8, 4) is 0 Å². The quantitative estimate of drug-likeness (QED) is 0.861. The minimum absolute atomic E-state index is 0.0469. The van der Waals surface area contributed by atoms with Crippen molar-refractivity contribution in [3.05, 3.63) is 64.9 Å². The third-order valence-electron chi connectivity index (χ3n) is 2.64. The molecule has 0 aliphatic rings. The highest BCUT2D eigenvalue weighted by molar-refractivity contribution is 6.29. The van der Waals surface area contributed by atoms with E-state index < -0.39 is 0 Å². The van der Waals surface area contributed by atoms with Crippen LogP contribution in [0.4, 0.5) is 0 Å². The van der Waals surface area contributed by atoms with Gasteiger partial charge in [0.05, 0.1) is 11.6 Å². The number of benzene rings is 1. The molecule has 2 rings (SSSR count). The monoisotopic (exact) mass is 260 g/mol. The number of rotatable bonds is 3. The SMILES string of the molecule is C[C@H](NC(=O)c1ccc(Cl)nc1)c1ccccc1. The summed E-state index contributed by atoms with van der Waals surface area (Å²) in [6.07, 6.45) is 1.47. The van der Waals surface area contributed by atoms with Crippen molar-refractivity contribution in [1.29, 1.82) is 0 Å². The predicted molar refractivity (Wildman–Crippen MR) is 71.6 cm³/mol. The summed E-state index contributed by atoms with van der Waals surface area (Å²) in [5, 5.41) is 3.29. The van der Waals surface area contributed by atoms with Crippen LogP contribution in [0.1, 0.15) is 28.9 Å². The van der Waals surface area contributed by atoms with Gasteiger partial charge in [-0.05, 0) is 24.6 Å². The Hall–Kier alpha value is -1.87. The number of hydrogen-bond acceptors (Lipinski definition) is 2. The average molecular weight is 261 g/mol. The van der Waals surface area contributed by atoms with E-state index in [2.05, 4.69) is 10.3 Å². The van der Waals surface area contributed by atoms with Gasteiger partial charge in [0.15, 0.2) is 0 Å². The number of carbonyl (C=O) groups excluding carboxylic acids is 1. The summed E-state index contributed by atoms with van der Waals surface area (Å²) in [6.45, 7) is 1.94. The maximum atomic E-state index is 11.9. The van der Waals surface area contributed by atoms with E-state index in [1.165, 1.54) is 6.20 Å². The summed E-state index contributed by atoms with van der Waals surface area (Å²) < 4.78 is 0. The Morgan fingerprint density at radius 3 is 2.56 bits per heavy atom.